The molecule has 5 rings (SSSR count). The van der Waals surface area contributed by atoms with Crippen molar-refractivity contribution in [3.8, 4) is 0 Å². The van der Waals surface area contributed by atoms with E-state index in [4.69, 9.17) is 21.9 Å². The van der Waals surface area contributed by atoms with Crippen molar-refractivity contribution >= 4 is 45.4 Å². The molecule has 6 nitrogen and oxygen atoms in total. The number of hydrogen-bond acceptors (Lipinski definition) is 5. The highest BCUT2D eigenvalue weighted by molar-refractivity contribution is 7.80. The summed E-state index contributed by atoms with van der Waals surface area (Å²) in [5.41, 5.74) is 5.83. The number of piperazine rings is 1. The quantitative estimate of drug-likeness (QED) is 0.556. The number of nitrogens with zero attached hydrogens (tertiary/aromatic N) is 4. The number of pyridine rings is 1. The summed E-state index contributed by atoms with van der Waals surface area (Å²) in [7, 11) is 0. The third-order valence-corrected chi connectivity index (χ3v) is 7.20. The first-order valence-electron chi connectivity index (χ1n) is 12.1. The van der Waals surface area contributed by atoms with E-state index in [1.807, 2.05) is 0 Å². The second-order valence-electron chi connectivity index (χ2n) is 9.39. The van der Waals surface area contributed by atoms with Crippen LogP contribution in [-0.4, -0.2) is 67.0 Å². The molecule has 0 bridgehead atoms. The van der Waals surface area contributed by atoms with Gasteiger partial charge in [-0.15, -0.1) is 0 Å². The summed E-state index contributed by atoms with van der Waals surface area (Å²) >= 11 is 5.81. The Hall–Kier alpha value is -2.90. The molecule has 34 heavy (non-hydrogen) atoms. The standard InChI is InChI=1S/C27H33N5OS/c1-19-5-4-6-23(15-19)32-10-9-31(18-21(32)3)27(34)28-22-7-8-25-24(17-22)20(2)16-26(29-25)30-11-13-33-14-12-30/h4-8,15-17,21H,9-14,18H2,1-3H3,(H,28,34)/t21-/m0/s1. The van der Waals surface area contributed by atoms with E-state index in [0.717, 1.165) is 73.5 Å². The van der Waals surface area contributed by atoms with Crippen LogP contribution in [0.2, 0.25) is 0 Å². The lowest BCUT2D eigenvalue weighted by Gasteiger charge is -2.42. The Morgan fingerprint density at radius 3 is 2.62 bits per heavy atom. The Morgan fingerprint density at radius 2 is 1.85 bits per heavy atom. The van der Waals surface area contributed by atoms with Gasteiger partial charge in [-0.1, -0.05) is 12.1 Å². The van der Waals surface area contributed by atoms with E-state index in [9.17, 15) is 0 Å². The SMILES string of the molecule is Cc1cccc(N2CCN(C(=S)Nc3ccc4nc(N5CCOCC5)cc(C)c4c3)C[C@@H]2C)c1. The van der Waals surface area contributed by atoms with Gasteiger partial charge >= 0.3 is 0 Å². The average Bonchev–Trinajstić information content (AvgIpc) is 2.84. The smallest absolute Gasteiger partial charge is 0.173 e. The van der Waals surface area contributed by atoms with Gasteiger partial charge in [0.2, 0.25) is 0 Å². The molecule has 1 N–H and O–H groups in total. The zero-order valence-electron chi connectivity index (χ0n) is 20.3. The molecule has 178 valence electrons. The van der Waals surface area contributed by atoms with Crippen molar-refractivity contribution in [2.75, 3.05) is 61.1 Å². The molecule has 0 saturated carbocycles. The highest BCUT2D eigenvalue weighted by Crippen LogP contribution is 2.27. The lowest BCUT2D eigenvalue weighted by atomic mass is 10.1. The summed E-state index contributed by atoms with van der Waals surface area (Å²) in [5, 5.41) is 5.42. The maximum atomic E-state index is 5.81. The Morgan fingerprint density at radius 1 is 1.03 bits per heavy atom. The van der Waals surface area contributed by atoms with Crippen LogP contribution in [0.4, 0.5) is 17.2 Å². The van der Waals surface area contributed by atoms with Crippen molar-refractivity contribution in [2.45, 2.75) is 26.8 Å². The molecule has 0 amide bonds. The molecule has 1 atom stereocenters. The number of morpholine rings is 1. The molecule has 7 heteroatoms. The van der Waals surface area contributed by atoms with Crippen molar-refractivity contribution < 1.29 is 4.74 Å². The minimum absolute atomic E-state index is 0.386. The molecule has 2 aromatic carbocycles. The van der Waals surface area contributed by atoms with Crippen LogP contribution in [0.1, 0.15) is 18.1 Å². The molecule has 0 spiro atoms. The molecular formula is C27H33N5OS. The van der Waals surface area contributed by atoms with E-state index in [1.165, 1.54) is 16.8 Å². The largest absolute Gasteiger partial charge is 0.378 e. The number of nitrogens with one attached hydrogen (secondary N) is 1. The zero-order chi connectivity index (χ0) is 23.7. The highest BCUT2D eigenvalue weighted by Gasteiger charge is 2.25. The minimum atomic E-state index is 0.386. The van der Waals surface area contributed by atoms with Gasteiger partial charge in [-0.25, -0.2) is 4.98 Å². The summed E-state index contributed by atoms with van der Waals surface area (Å²) in [6.45, 7) is 12.6. The van der Waals surface area contributed by atoms with E-state index < -0.39 is 0 Å². The number of rotatable bonds is 3. The maximum absolute atomic E-state index is 5.81. The van der Waals surface area contributed by atoms with Gasteiger partial charge in [-0.2, -0.15) is 0 Å². The highest BCUT2D eigenvalue weighted by atomic mass is 32.1. The van der Waals surface area contributed by atoms with Crippen molar-refractivity contribution in [2.24, 2.45) is 0 Å². The molecule has 2 aliphatic heterocycles. The van der Waals surface area contributed by atoms with E-state index in [-0.39, 0.29) is 0 Å². The maximum Gasteiger partial charge on any atom is 0.173 e. The number of benzene rings is 2. The second kappa shape index (κ2) is 9.76. The number of anilines is 3. The number of aryl methyl sites for hydroxylation is 2. The number of ether oxygens (including phenoxy) is 1. The van der Waals surface area contributed by atoms with E-state index in [1.54, 1.807) is 0 Å². The van der Waals surface area contributed by atoms with Crippen molar-refractivity contribution in [3.63, 3.8) is 0 Å². The third kappa shape index (κ3) is 4.81. The van der Waals surface area contributed by atoms with Crippen LogP contribution in [0.3, 0.4) is 0 Å². The van der Waals surface area contributed by atoms with Crippen LogP contribution in [0, 0.1) is 13.8 Å². The fraction of sp³-hybridized carbons (Fsp3) is 0.407. The van der Waals surface area contributed by atoms with Crippen LogP contribution in [0.15, 0.2) is 48.5 Å². The number of hydrogen-bond donors (Lipinski definition) is 1. The first kappa shape index (κ1) is 22.9. The topological polar surface area (TPSA) is 43.9 Å². The van der Waals surface area contributed by atoms with Crippen LogP contribution >= 0.6 is 12.2 Å². The Bertz CT molecular complexity index is 1190. The van der Waals surface area contributed by atoms with Crippen molar-refractivity contribution in [3.05, 3.63) is 59.7 Å². The molecule has 2 fully saturated rings. The Balaban J connectivity index is 1.26. The third-order valence-electron chi connectivity index (χ3n) is 6.84. The van der Waals surface area contributed by atoms with Gasteiger partial charge < -0.3 is 24.8 Å². The lowest BCUT2D eigenvalue weighted by molar-refractivity contribution is 0.122. The van der Waals surface area contributed by atoms with Crippen LogP contribution < -0.4 is 15.1 Å². The fourth-order valence-electron chi connectivity index (χ4n) is 4.94. The van der Waals surface area contributed by atoms with Crippen molar-refractivity contribution in [1.82, 2.24) is 9.88 Å². The predicted molar refractivity (Wildman–Crippen MR) is 145 cm³/mol. The first-order valence-corrected chi connectivity index (χ1v) is 12.5. The summed E-state index contributed by atoms with van der Waals surface area (Å²) in [5.74, 6) is 1.03. The van der Waals surface area contributed by atoms with Gasteiger partial charge in [0.1, 0.15) is 5.82 Å². The lowest BCUT2D eigenvalue weighted by Crippen LogP contribution is -2.54. The zero-order valence-corrected chi connectivity index (χ0v) is 21.1. The minimum Gasteiger partial charge on any atom is -0.378 e. The molecule has 2 aliphatic rings. The van der Waals surface area contributed by atoms with E-state index in [2.05, 4.69) is 89.3 Å². The average molecular weight is 476 g/mol. The van der Waals surface area contributed by atoms with Crippen molar-refractivity contribution in [1.29, 1.82) is 0 Å². The van der Waals surface area contributed by atoms with E-state index in [0.29, 0.717) is 6.04 Å². The number of fused-ring (bicyclic) bond motifs is 1. The Kier molecular flexibility index (Phi) is 6.57. The first-order chi connectivity index (χ1) is 16.5. The van der Waals surface area contributed by atoms with Crippen LogP contribution in [-0.2, 0) is 4.74 Å². The monoisotopic (exact) mass is 475 g/mol. The van der Waals surface area contributed by atoms with Gasteiger partial charge in [0, 0.05) is 55.5 Å². The second-order valence-corrected chi connectivity index (χ2v) is 9.77. The van der Waals surface area contributed by atoms with Gasteiger partial charge in [0.05, 0.1) is 18.7 Å². The molecule has 1 aromatic heterocycles. The summed E-state index contributed by atoms with van der Waals surface area (Å²) in [6, 6.07) is 17.7. The van der Waals surface area contributed by atoms with Crippen LogP contribution in [0.5, 0.6) is 0 Å². The van der Waals surface area contributed by atoms with Gasteiger partial charge in [-0.3, -0.25) is 0 Å². The number of thiocarbonyl (C=S) groups is 1. The predicted octanol–water partition coefficient (Wildman–Crippen LogP) is 4.60. The molecule has 3 heterocycles. The van der Waals surface area contributed by atoms with Crippen LogP contribution in [0.25, 0.3) is 10.9 Å². The molecular weight excluding hydrogens is 442 g/mol. The molecule has 0 radical (unpaired) electrons. The number of aromatic nitrogens is 1. The molecule has 0 unspecified atom stereocenters. The summed E-state index contributed by atoms with van der Waals surface area (Å²) in [4.78, 5) is 12.0. The van der Waals surface area contributed by atoms with Gasteiger partial charge in [-0.05, 0) is 80.5 Å². The Labute approximate surface area is 207 Å². The summed E-state index contributed by atoms with van der Waals surface area (Å²) in [6.07, 6.45) is 0. The van der Waals surface area contributed by atoms with E-state index >= 15 is 0 Å². The molecule has 2 saturated heterocycles. The fourth-order valence-corrected chi connectivity index (χ4v) is 5.23. The van der Waals surface area contributed by atoms with Gasteiger partial charge in [0.25, 0.3) is 0 Å². The normalized spacial score (nSPS) is 18.9. The van der Waals surface area contributed by atoms with Gasteiger partial charge in [0.15, 0.2) is 5.11 Å². The molecule has 0 aliphatic carbocycles. The summed E-state index contributed by atoms with van der Waals surface area (Å²) < 4.78 is 5.48. The molecule has 3 aromatic rings.